The van der Waals surface area contributed by atoms with Gasteiger partial charge in [-0.25, -0.2) is 4.68 Å². The van der Waals surface area contributed by atoms with E-state index in [0.29, 0.717) is 5.69 Å². The number of halogens is 4. The van der Waals surface area contributed by atoms with Gasteiger partial charge in [0.2, 0.25) is 0 Å². The van der Waals surface area contributed by atoms with E-state index in [2.05, 4.69) is 31.3 Å². The zero-order valence-corrected chi connectivity index (χ0v) is 14.4. The summed E-state index contributed by atoms with van der Waals surface area (Å²) >= 11 is 3.40. The Morgan fingerprint density at radius 1 is 1.12 bits per heavy atom. The van der Waals surface area contributed by atoms with Crippen molar-refractivity contribution in [3.63, 3.8) is 0 Å². The smallest absolute Gasteiger partial charge is 0.369 e. The molecule has 0 saturated carbocycles. The molecule has 1 aliphatic heterocycles. The number of rotatable bonds is 2. The van der Waals surface area contributed by atoms with Crippen molar-refractivity contribution in [1.82, 2.24) is 14.8 Å². The van der Waals surface area contributed by atoms with Crippen LogP contribution in [0.4, 0.5) is 19.0 Å². The predicted octanol–water partition coefficient (Wildman–Crippen LogP) is 4.68. The maximum Gasteiger partial charge on any atom is 0.416 e. The maximum atomic E-state index is 12.8. The second-order valence-electron chi connectivity index (χ2n) is 5.70. The number of benzene rings is 1. The summed E-state index contributed by atoms with van der Waals surface area (Å²) in [4.78, 5) is 4.17. The van der Waals surface area contributed by atoms with Gasteiger partial charge in [0.15, 0.2) is 0 Å². The summed E-state index contributed by atoms with van der Waals surface area (Å²) in [7, 11) is 0. The molecule has 1 aliphatic rings. The molecule has 0 unspecified atom stereocenters. The third-order valence-corrected chi connectivity index (χ3v) is 4.50. The van der Waals surface area contributed by atoms with Gasteiger partial charge in [-0.15, -0.1) is 0 Å². The molecule has 1 aromatic carbocycles. The molecule has 1 N–H and O–H groups in total. The second-order valence-corrected chi connectivity index (χ2v) is 6.62. The average molecular weight is 409 g/mol. The lowest BCUT2D eigenvalue weighted by Gasteiger charge is -2.09. The SMILES string of the molecule is FC(F)(F)c1ccc(-n2nc(-c3cncc(Br)c3)c3c2NCC3)cc1. The quantitative estimate of drug-likeness (QED) is 0.668. The molecule has 128 valence electrons. The van der Waals surface area contributed by atoms with Crippen LogP contribution in [0.5, 0.6) is 0 Å². The van der Waals surface area contributed by atoms with Crippen molar-refractivity contribution in [2.75, 3.05) is 11.9 Å². The number of nitrogens with zero attached hydrogens (tertiary/aromatic N) is 3. The summed E-state index contributed by atoms with van der Waals surface area (Å²) in [5, 5.41) is 7.88. The van der Waals surface area contributed by atoms with Crippen LogP contribution in [0, 0.1) is 0 Å². The number of anilines is 1. The standard InChI is InChI=1S/C17H12BrF3N4/c18-12-7-10(8-22-9-12)15-14-5-6-23-16(14)25(24-15)13-3-1-11(2-4-13)17(19,20)21/h1-4,7-9,23H,5-6H2. The fourth-order valence-electron chi connectivity index (χ4n) is 2.93. The van der Waals surface area contributed by atoms with E-state index in [1.165, 1.54) is 12.1 Å². The third kappa shape index (κ3) is 2.90. The fourth-order valence-corrected chi connectivity index (χ4v) is 3.29. The fraction of sp³-hybridized carbons (Fsp3) is 0.176. The number of aromatic nitrogens is 3. The van der Waals surface area contributed by atoms with Crippen LogP contribution < -0.4 is 5.32 Å². The molecule has 0 amide bonds. The van der Waals surface area contributed by atoms with Crippen molar-refractivity contribution in [3.8, 4) is 16.9 Å². The Bertz CT molecular complexity index is 932. The van der Waals surface area contributed by atoms with Gasteiger partial charge in [0.1, 0.15) is 5.82 Å². The molecule has 0 saturated heterocycles. The minimum atomic E-state index is -4.35. The van der Waals surface area contributed by atoms with Crippen LogP contribution in [0.2, 0.25) is 0 Å². The van der Waals surface area contributed by atoms with E-state index < -0.39 is 11.7 Å². The summed E-state index contributed by atoms with van der Waals surface area (Å²) in [6.45, 7) is 0.766. The van der Waals surface area contributed by atoms with Crippen LogP contribution in [0.15, 0.2) is 47.2 Å². The second kappa shape index (κ2) is 5.87. The molecule has 0 bridgehead atoms. The first-order chi connectivity index (χ1) is 11.9. The van der Waals surface area contributed by atoms with Crippen LogP contribution in [0.3, 0.4) is 0 Å². The molecular weight excluding hydrogens is 397 g/mol. The molecule has 3 heterocycles. The van der Waals surface area contributed by atoms with E-state index in [1.54, 1.807) is 17.1 Å². The first-order valence-corrected chi connectivity index (χ1v) is 8.37. The highest BCUT2D eigenvalue weighted by molar-refractivity contribution is 9.10. The number of hydrogen-bond donors (Lipinski definition) is 1. The Balaban J connectivity index is 1.80. The highest BCUT2D eigenvalue weighted by atomic mass is 79.9. The lowest BCUT2D eigenvalue weighted by molar-refractivity contribution is -0.137. The molecule has 25 heavy (non-hydrogen) atoms. The summed E-state index contributed by atoms with van der Waals surface area (Å²) in [6.07, 6.45) is -0.134. The Kier molecular flexibility index (Phi) is 3.79. The number of fused-ring (bicyclic) bond motifs is 1. The number of nitrogens with one attached hydrogen (secondary N) is 1. The summed E-state index contributed by atoms with van der Waals surface area (Å²) in [6, 6.07) is 6.92. The number of pyridine rings is 1. The molecule has 0 aliphatic carbocycles. The van der Waals surface area contributed by atoms with Gasteiger partial charge in [-0.3, -0.25) is 4.98 Å². The Labute approximate surface area is 149 Å². The normalized spacial score (nSPS) is 13.6. The monoisotopic (exact) mass is 408 g/mol. The molecule has 0 atom stereocenters. The van der Waals surface area contributed by atoms with Gasteiger partial charge in [-0.05, 0) is 52.7 Å². The number of hydrogen-bond acceptors (Lipinski definition) is 3. The minimum absolute atomic E-state index is 0.577. The lowest BCUT2D eigenvalue weighted by Crippen LogP contribution is -2.07. The van der Waals surface area contributed by atoms with Crippen LogP contribution in [0.25, 0.3) is 16.9 Å². The van der Waals surface area contributed by atoms with E-state index in [-0.39, 0.29) is 0 Å². The highest BCUT2D eigenvalue weighted by Crippen LogP contribution is 2.36. The van der Waals surface area contributed by atoms with E-state index in [1.807, 2.05) is 6.07 Å². The number of alkyl halides is 3. The van der Waals surface area contributed by atoms with Gasteiger partial charge < -0.3 is 5.32 Å². The van der Waals surface area contributed by atoms with Crippen molar-refractivity contribution in [1.29, 1.82) is 0 Å². The first kappa shape index (κ1) is 16.1. The van der Waals surface area contributed by atoms with E-state index >= 15 is 0 Å². The molecular formula is C17H12BrF3N4. The molecule has 8 heteroatoms. The highest BCUT2D eigenvalue weighted by Gasteiger charge is 2.30. The van der Waals surface area contributed by atoms with Gasteiger partial charge in [0, 0.05) is 34.5 Å². The van der Waals surface area contributed by atoms with Gasteiger partial charge >= 0.3 is 6.18 Å². The van der Waals surface area contributed by atoms with Crippen LogP contribution in [-0.2, 0) is 12.6 Å². The average Bonchev–Trinajstić information content (AvgIpc) is 3.16. The summed E-state index contributed by atoms with van der Waals surface area (Å²) < 4.78 is 40.8. The summed E-state index contributed by atoms with van der Waals surface area (Å²) in [5.41, 5.74) is 2.59. The van der Waals surface area contributed by atoms with Gasteiger partial charge in [-0.2, -0.15) is 18.3 Å². The molecule has 4 rings (SSSR count). The Morgan fingerprint density at radius 2 is 1.88 bits per heavy atom. The zero-order chi connectivity index (χ0) is 17.6. The molecule has 4 nitrogen and oxygen atoms in total. The largest absolute Gasteiger partial charge is 0.416 e. The van der Waals surface area contributed by atoms with Crippen molar-refractivity contribution in [2.45, 2.75) is 12.6 Å². The van der Waals surface area contributed by atoms with Crippen LogP contribution >= 0.6 is 15.9 Å². The lowest BCUT2D eigenvalue weighted by atomic mass is 10.1. The molecule has 0 spiro atoms. The summed E-state index contributed by atoms with van der Waals surface area (Å²) in [5.74, 6) is 0.815. The van der Waals surface area contributed by atoms with E-state index in [0.717, 1.165) is 52.2 Å². The van der Waals surface area contributed by atoms with Gasteiger partial charge in [0.05, 0.1) is 16.9 Å². The predicted molar refractivity (Wildman–Crippen MR) is 91.7 cm³/mol. The van der Waals surface area contributed by atoms with Crippen molar-refractivity contribution in [3.05, 3.63) is 58.3 Å². The Morgan fingerprint density at radius 3 is 2.56 bits per heavy atom. The van der Waals surface area contributed by atoms with Gasteiger partial charge in [0.25, 0.3) is 0 Å². The minimum Gasteiger partial charge on any atom is -0.369 e. The van der Waals surface area contributed by atoms with Crippen molar-refractivity contribution < 1.29 is 13.2 Å². The van der Waals surface area contributed by atoms with Crippen LogP contribution in [0.1, 0.15) is 11.1 Å². The van der Waals surface area contributed by atoms with Crippen LogP contribution in [-0.4, -0.2) is 21.3 Å². The molecule has 3 aromatic rings. The molecule has 0 fully saturated rings. The topological polar surface area (TPSA) is 42.7 Å². The zero-order valence-electron chi connectivity index (χ0n) is 12.8. The molecule has 0 radical (unpaired) electrons. The van der Waals surface area contributed by atoms with Gasteiger partial charge in [-0.1, -0.05) is 0 Å². The Hall–Kier alpha value is -2.35. The van der Waals surface area contributed by atoms with E-state index in [9.17, 15) is 13.2 Å². The third-order valence-electron chi connectivity index (χ3n) is 4.07. The first-order valence-electron chi connectivity index (χ1n) is 7.58. The van der Waals surface area contributed by atoms with E-state index in [4.69, 9.17) is 0 Å². The maximum absolute atomic E-state index is 12.8. The van der Waals surface area contributed by atoms with Crippen molar-refractivity contribution in [2.24, 2.45) is 0 Å². The van der Waals surface area contributed by atoms with Crippen molar-refractivity contribution >= 4 is 21.7 Å². The molecule has 2 aromatic heterocycles.